The third-order valence-corrected chi connectivity index (χ3v) is 2.44. The van der Waals surface area contributed by atoms with Gasteiger partial charge in [-0.2, -0.15) is 4.98 Å². The van der Waals surface area contributed by atoms with E-state index in [1.165, 1.54) is 11.1 Å². The maximum atomic E-state index is 5.42. The lowest BCUT2D eigenvalue weighted by atomic mass is 10.1. The maximum absolute atomic E-state index is 5.42. The molecule has 0 radical (unpaired) electrons. The van der Waals surface area contributed by atoms with Crippen molar-refractivity contribution in [2.75, 3.05) is 17.6 Å². The van der Waals surface area contributed by atoms with E-state index in [1.54, 1.807) is 0 Å². The fourth-order valence-electron chi connectivity index (χ4n) is 1.55. The third-order valence-electron chi connectivity index (χ3n) is 2.44. The van der Waals surface area contributed by atoms with E-state index in [0.29, 0.717) is 11.9 Å². The largest absolute Gasteiger partial charge is 0.368 e. The van der Waals surface area contributed by atoms with Crippen LogP contribution >= 0.6 is 0 Å². The van der Waals surface area contributed by atoms with Crippen LogP contribution in [-0.2, 0) is 6.42 Å². The molecule has 0 amide bonds. The van der Waals surface area contributed by atoms with Gasteiger partial charge in [-0.1, -0.05) is 24.3 Å². The lowest BCUT2D eigenvalue weighted by Crippen LogP contribution is -2.07. The minimum atomic E-state index is 0.332. The molecule has 0 aliphatic heterocycles. The zero-order chi connectivity index (χ0) is 11.4. The van der Waals surface area contributed by atoms with Gasteiger partial charge >= 0.3 is 0 Å². The molecule has 16 heavy (non-hydrogen) atoms. The number of rotatable bonds is 4. The Morgan fingerprint density at radius 2 is 2.19 bits per heavy atom. The molecule has 0 fully saturated rings. The number of nitrogens with zero attached hydrogens (tertiary/aromatic N) is 2. The highest BCUT2D eigenvalue weighted by Crippen LogP contribution is 2.08. The number of nitrogens with two attached hydrogens (primary N) is 1. The summed E-state index contributed by atoms with van der Waals surface area (Å²) in [7, 11) is 0. The van der Waals surface area contributed by atoms with Crippen LogP contribution in [0.25, 0.3) is 0 Å². The molecule has 1 heterocycles. The van der Waals surface area contributed by atoms with E-state index in [2.05, 4.69) is 39.6 Å². The first kappa shape index (κ1) is 10.5. The van der Waals surface area contributed by atoms with Crippen LogP contribution in [0.1, 0.15) is 11.1 Å². The zero-order valence-corrected chi connectivity index (χ0v) is 9.20. The first-order chi connectivity index (χ1) is 7.75. The molecule has 5 nitrogen and oxygen atoms in total. The Hall–Kier alpha value is -2.04. The van der Waals surface area contributed by atoms with Crippen molar-refractivity contribution < 1.29 is 0 Å². The molecule has 5 heteroatoms. The van der Waals surface area contributed by atoms with Gasteiger partial charge in [0.2, 0.25) is 11.9 Å². The van der Waals surface area contributed by atoms with Crippen LogP contribution in [0, 0.1) is 6.92 Å². The third kappa shape index (κ3) is 2.50. The van der Waals surface area contributed by atoms with Crippen molar-refractivity contribution in [3.8, 4) is 0 Å². The second kappa shape index (κ2) is 4.65. The number of hydrogen-bond acceptors (Lipinski definition) is 4. The van der Waals surface area contributed by atoms with Crippen LogP contribution < -0.4 is 11.1 Å². The molecule has 2 aromatic rings. The summed E-state index contributed by atoms with van der Waals surface area (Å²) < 4.78 is 0. The second-order valence-corrected chi connectivity index (χ2v) is 3.65. The Kier molecular flexibility index (Phi) is 3.05. The van der Waals surface area contributed by atoms with Crippen molar-refractivity contribution in [1.82, 2.24) is 15.2 Å². The van der Waals surface area contributed by atoms with E-state index < -0.39 is 0 Å². The van der Waals surface area contributed by atoms with E-state index in [0.717, 1.165) is 13.0 Å². The fourth-order valence-corrected chi connectivity index (χ4v) is 1.55. The topological polar surface area (TPSA) is 79.6 Å². The molecule has 0 saturated carbocycles. The van der Waals surface area contributed by atoms with E-state index >= 15 is 0 Å². The number of anilines is 2. The number of nitrogen functional groups attached to an aromatic ring is 1. The molecule has 1 aromatic heterocycles. The number of H-pyrrole nitrogens is 1. The Bertz CT molecular complexity index is 463. The average Bonchev–Trinajstić information content (AvgIpc) is 2.67. The van der Waals surface area contributed by atoms with Crippen LogP contribution in [0.2, 0.25) is 0 Å². The molecule has 0 aliphatic rings. The van der Waals surface area contributed by atoms with Gasteiger partial charge in [0.25, 0.3) is 0 Å². The van der Waals surface area contributed by atoms with Gasteiger partial charge in [0.05, 0.1) is 0 Å². The van der Waals surface area contributed by atoms with Gasteiger partial charge in [-0.25, -0.2) is 5.10 Å². The molecule has 0 spiro atoms. The fraction of sp³-hybridized carbons (Fsp3) is 0.273. The van der Waals surface area contributed by atoms with Crippen molar-refractivity contribution >= 4 is 11.9 Å². The number of aromatic nitrogens is 3. The summed E-state index contributed by atoms with van der Waals surface area (Å²) in [6.07, 6.45) is 0.946. The smallest absolute Gasteiger partial charge is 0.243 e. The highest BCUT2D eigenvalue weighted by atomic mass is 15.3. The van der Waals surface area contributed by atoms with Crippen LogP contribution in [0.3, 0.4) is 0 Å². The summed E-state index contributed by atoms with van der Waals surface area (Å²) in [5.41, 5.74) is 8.05. The van der Waals surface area contributed by atoms with Gasteiger partial charge in [0.1, 0.15) is 0 Å². The first-order valence-electron chi connectivity index (χ1n) is 5.22. The minimum Gasteiger partial charge on any atom is -0.368 e. The standard InChI is InChI=1S/C11H15N5/c1-8-4-2-3-5-9(8)6-7-13-11-14-10(12)15-16-11/h2-5H,6-7H2,1H3,(H4,12,13,14,15,16). The summed E-state index contributed by atoms with van der Waals surface area (Å²) >= 11 is 0. The molecular weight excluding hydrogens is 202 g/mol. The predicted octanol–water partition coefficient (Wildman–Crippen LogP) is 1.35. The molecule has 4 N–H and O–H groups in total. The van der Waals surface area contributed by atoms with Gasteiger partial charge in [-0.15, -0.1) is 5.10 Å². The van der Waals surface area contributed by atoms with Crippen molar-refractivity contribution in [2.24, 2.45) is 0 Å². The van der Waals surface area contributed by atoms with Gasteiger partial charge in [0, 0.05) is 6.54 Å². The quantitative estimate of drug-likeness (QED) is 0.722. The molecule has 0 bridgehead atoms. The molecule has 0 unspecified atom stereocenters. The van der Waals surface area contributed by atoms with Crippen molar-refractivity contribution in [1.29, 1.82) is 0 Å². The number of hydrogen-bond donors (Lipinski definition) is 3. The van der Waals surface area contributed by atoms with Crippen LogP contribution in [0.4, 0.5) is 11.9 Å². The normalized spacial score (nSPS) is 10.3. The monoisotopic (exact) mass is 217 g/mol. The lowest BCUT2D eigenvalue weighted by molar-refractivity contribution is 0.975. The number of nitrogens with one attached hydrogen (secondary N) is 2. The number of aromatic amines is 1. The Morgan fingerprint density at radius 1 is 1.38 bits per heavy atom. The van der Waals surface area contributed by atoms with Gasteiger partial charge in [-0.3, -0.25) is 0 Å². The van der Waals surface area contributed by atoms with Crippen LogP contribution in [0.15, 0.2) is 24.3 Å². The lowest BCUT2D eigenvalue weighted by Gasteiger charge is -2.05. The summed E-state index contributed by atoms with van der Waals surface area (Å²) in [4.78, 5) is 3.96. The molecule has 2 rings (SSSR count). The highest BCUT2D eigenvalue weighted by Gasteiger charge is 2.00. The van der Waals surface area contributed by atoms with Crippen LogP contribution in [0.5, 0.6) is 0 Å². The molecule has 0 saturated heterocycles. The summed E-state index contributed by atoms with van der Waals surface area (Å²) in [6.45, 7) is 2.91. The Labute approximate surface area is 94.1 Å². The van der Waals surface area contributed by atoms with Crippen molar-refractivity contribution in [3.05, 3.63) is 35.4 Å². The summed E-state index contributed by atoms with van der Waals surface area (Å²) in [5, 5.41) is 9.59. The minimum absolute atomic E-state index is 0.332. The van der Waals surface area contributed by atoms with Gasteiger partial charge in [0.15, 0.2) is 0 Å². The molecule has 1 aromatic carbocycles. The summed E-state index contributed by atoms with van der Waals surface area (Å²) in [5.74, 6) is 0.879. The zero-order valence-electron chi connectivity index (χ0n) is 9.20. The second-order valence-electron chi connectivity index (χ2n) is 3.65. The van der Waals surface area contributed by atoms with Crippen molar-refractivity contribution in [2.45, 2.75) is 13.3 Å². The predicted molar refractivity (Wildman–Crippen MR) is 64.2 cm³/mol. The number of aryl methyl sites for hydroxylation is 1. The van der Waals surface area contributed by atoms with Crippen molar-refractivity contribution in [3.63, 3.8) is 0 Å². The van der Waals surface area contributed by atoms with E-state index in [4.69, 9.17) is 5.73 Å². The molecular formula is C11H15N5. The van der Waals surface area contributed by atoms with E-state index in [-0.39, 0.29) is 0 Å². The molecule has 0 aliphatic carbocycles. The van der Waals surface area contributed by atoms with Crippen LogP contribution in [-0.4, -0.2) is 21.7 Å². The Balaban J connectivity index is 1.87. The van der Waals surface area contributed by atoms with E-state index in [9.17, 15) is 0 Å². The number of benzene rings is 1. The summed E-state index contributed by atoms with van der Waals surface area (Å²) in [6, 6.07) is 8.33. The SMILES string of the molecule is Cc1ccccc1CCNc1n[nH]c(N)n1. The maximum Gasteiger partial charge on any atom is 0.243 e. The average molecular weight is 217 g/mol. The van der Waals surface area contributed by atoms with E-state index in [1.807, 2.05) is 12.1 Å². The Morgan fingerprint density at radius 3 is 2.88 bits per heavy atom. The van der Waals surface area contributed by atoms with Gasteiger partial charge in [-0.05, 0) is 24.5 Å². The molecule has 84 valence electrons. The first-order valence-corrected chi connectivity index (χ1v) is 5.22. The highest BCUT2D eigenvalue weighted by molar-refractivity contribution is 5.31. The molecule has 0 atom stereocenters. The van der Waals surface area contributed by atoms with Gasteiger partial charge < -0.3 is 11.1 Å².